The monoisotopic (exact) mass is 230 g/mol. The van der Waals surface area contributed by atoms with Gasteiger partial charge in [-0.3, -0.25) is 0 Å². The molecule has 0 aliphatic rings. The fourth-order valence-electron chi connectivity index (χ4n) is 0.332. The fourth-order valence-corrected chi connectivity index (χ4v) is 0.611. The maximum absolute atomic E-state index is 9.70. The number of rotatable bonds is 2. The largest absolute Gasteiger partial charge is 1.00 e. The second-order valence-corrected chi connectivity index (χ2v) is 2.23. The third-order valence-electron chi connectivity index (χ3n) is 0.582. The van der Waals surface area contributed by atoms with E-state index in [4.69, 9.17) is 0 Å². The number of thiocarbonyl (C=S) groups is 1. The van der Waals surface area contributed by atoms with Crippen molar-refractivity contribution in [2.24, 2.45) is 0 Å². The van der Waals surface area contributed by atoms with E-state index < -0.39 is 0 Å². The number of hydrogen-bond acceptors (Lipinski definition) is 2. The summed E-state index contributed by atoms with van der Waals surface area (Å²) in [6.07, 6.45) is 0.428. The summed E-state index contributed by atoms with van der Waals surface area (Å²) in [5, 5.41) is 6.33. The predicted octanol–water partition coefficient (Wildman–Crippen LogP) is -2.20. The molecule has 1 N–H and O–H groups in total. The first-order chi connectivity index (χ1) is 4.16. The van der Waals surface area contributed by atoms with Crippen molar-refractivity contribution in [3.63, 3.8) is 0 Å². The Kier molecular flexibility index (Phi) is 11.3. The number of carbonyl (C=O) groups is 1. The Hall–Kier alpha value is 1.17. The van der Waals surface area contributed by atoms with Crippen molar-refractivity contribution in [1.82, 2.24) is 5.32 Å². The molecule has 0 aliphatic heterocycles. The van der Waals surface area contributed by atoms with E-state index in [-0.39, 0.29) is 69.3 Å². The Morgan fingerprint density at radius 3 is 2.50 bits per heavy atom. The van der Waals surface area contributed by atoms with Crippen LogP contribution in [0.25, 0.3) is 5.32 Å². The van der Waals surface area contributed by atoms with Gasteiger partial charge in [0.15, 0.2) is 0 Å². The van der Waals surface area contributed by atoms with Crippen molar-refractivity contribution in [3.8, 4) is 0 Å². The quantitative estimate of drug-likeness (QED) is 0.433. The zero-order valence-corrected chi connectivity index (χ0v) is 12.2. The first-order valence-corrected chi connectivity index (χ1v) is 3.02. The molecule has 0 aromatic carbocycles. The van der Waals surface area contributed by atoms with Crippen molar-refractivity contribution < 1.29 is 63.0 Å². The van der Waals surface area contributed by atoms with Crippen molar-refractivity contribution >= 4 is 23.7 Å². The minimum absolute atomic E-state index is 0. The van der Waals surface area contributed by atoms with Gasteiger partial charge in [0, 0.05) is 5.11 Å². The zero-order valence-electron chi connectivity index (χ0n) is 6.42. The summed E-state index contributed by atoms with van der Waals surface area (Å²) >= 11 is 4.62. The van der Waals surface area contributed by atoms with Crippen LogP contribution in [0.5, 0.6) is 0 Å². The van der Waals surface area contributed by atoms with Gasteiger partial charge in [0.25, 0.3) is 0 Å². The molecule has 0 unspecified atom stereocenters. The van der Waals surface area contributed by atoms with Gasteiger partial charge in [-0.1, -0.05) is 26.1 Å². The van der Waals surface area contributed by atoms with Gasteiger partial charge in [-0.25, -0.2) is 0 Å². The molecule has 0 aromatic heterocycles. The molecule has 0 heterocycles. The first-order valence-electron chi connectivity index (χ1n) is 2.62. The van der Waals surface area contributed by atoms with Crippen LogP contribution in [0.3, 0.4) is 0 Å². The molecule has 0 saturated heterocycles. The molecule has 1 amide bonds. The van der Waals surface area contributed by atoms with Gasteiger partial charge in [-0.15, -0.1) is 0 Å². The average molecular weight is 231 g/mol. The predicted molar refractivity (Wildman–Crippen MR) is 40.3 cm³/mol. The molecule has 5 heteroatoms. The Morgan fingerprint density at radius 1 is 1.70 bits per heavy atom. The molecule has 0 spiro atoms. The summed E-state index contributed by atoms with van der Waals surface area (Å²) in [4.78, 5) is 9.70. The number of nitrogens with zero attached hydrogens (tertiary/aromatic N) is 1. The summed E-state index contributed by atoms with van der Waals surface area (Å²) in [6, 6.07) is 0.237. The SMILES string of the molecule is CC(C)NC(=S)[N-]C=O.[Rb+]. The minimum Gasteiger partial charge on any atom is -0.470 e. The van der Waals surface area contributed by atoms with E-state index in [1.807, 2.05) is 13.8 Å². The maximum atomic E-state index is 9.70. The number of carbonyl (C=O) groups excluding carboxylic acids is 1. The van der Waals surface area contributed by atoms with E-state index in [9.17, 15) is 4.79 Å². The normalized spacial score (nSPS) is 7.90. The van der Waals surface area contributed by atoms with Crippen molar-refractivity contribution in [2.75, 3.05) is 0 Å². The van der Waals surface area contributed by atoms with Crippen molar-refractivity contribution in [2.45, 2.75) is 19.9 Å². The Bertz CT molecular complexity index is 118. The van der Waals surface area contributed by atoms with Crippen LogP contribution in [-0.4, -0.2) is 17.6 Å². The van der Waals surface area contributed by atoms with Crippen LogP contribution in [0, 0.1) is 0 Å². The molecule has 10 heavy (non-hydrogen) atoms. The third kappa shape index (κ3) is 9.17. The van der Waals surface area contributed by atoms with Crippen LogP contribution < -0.4 is 63.5 Å². The Morgan fingerprint density at radius 2 is 2.20 bits per heavy atom. The Balaban J connectivity index is 0. The average Bonchev–Trinajstić information content (AvgIpc) is 1.63. The molecule has 0 saturated carbocycles. The standard InChI is InChI=1S/C5H10N2OS.Rb/c1-4(2)7-5(9)6-3-8;/h3-4H,1-2H3,(H2,6,7,8,9);/q;+1/p-1. The smallest absolute Gasteiger partial charge is 0.470 e. The van der Waals surface area contributed by atoms with Gasteiger partial charge in [-0.05, 0) is 6.04 Å². The van der Waals surface area contributed by atoms with E-state index in [1.54, 1.807) is 0 Å². The summed E-state index contributed by atoms with van der Waals surface area (Å²) in [5.74, 6) is 0. The number of hydrogen-bond donors (Lipinski definition) is 1. The zero-order chi connectivity index (χ0) is 7.28. The van der Waals surface area contributed by atoms with Gasteiger partial charge >= 0.3 is 58.2 Å². The summed E-state index contributed by atoms with van der Waals surface area (Å²) in [6.45, 7) is 3.85. The summed E-state index contributed by atoms with van der Waals surface area (Å²) in [5.41, 5.74) is 0. The summed E-state index contributed by atoms with van der Waals surface area (Å²) < 4.78 is 0. The van der Waals surface area contributed by atoms with Crippen LogP contribution in [-0.2, 0) is 4.79 Å². The van der Waals surface area contributed by atoms with E-state index in [1.165, 1.54) is 0 Å². The van der Waals surface area contributed by atoms with Crippen LogP contribution >= 0.6 is 12.2 Å². The second kappa shape index (κ2) is 8.26. The second-order valence-electron chi connectivity index (χ2n) is 1.84. The topological polar surface area (TPSA) is 43.2 Å². The van der Waals surface area contributed by atoms with E-state index in [0.29, 0.717) is 6.41 Å². The van der Waals surface area contributed by atoms with Gasteiger partial charge in [0.1, 0.15) is 6.41 Å². The van der Waals surface area contributed by atoms with Crippen LogP contribution in [0.4, 0.5) is 0 Å². The van der Waals surface area contributed by atoms with Gasteiger partial charge in [-0.2, -0.15) is 0 Å². The molecule has 0 fully saturated rings. The van der Waals surface area contributed by atoms with E-state index in [2.05, 4.69) is 22.9 Å². The summed E-state index contributed by atoms with van der Waals surface area (Å²) in [7, 11) is 0. The molecule has 0 atom stereocenters. The Labute approximate surface area is 115 Å². The third-order valence-corrected chi connectivity index (χ3v) is 0.805. The minimum atomic E-state index is 0. The molecule has 0 bridgehead atoms. The van der Waals surface area contributed by atoms with Gasteiger partial charge in [0.05, 0.1) is 0 Å². The van der Waals surface area contributed by atoms with Gasteiger partial charge in [0.2, 0.25) is 0 Å². The number of amides is 1. The van der Waals surface area contributed by atoms with Crippen molar-refractivity contribution in [3.05, 3.63) is 5.32 Å². The fraction of sp³-hybridized carbons (Fsp3) is 0.600. The van der Waals surface area contributed by atoms with E-state index in [0.717, 1.165) is 0 Å². The van der Waals surface area contributed by atoms with Crippen LogP contribution in [0.15, 0.2) is 0 Å². The molecule has 0 radical (unpaired) electrons. The number of nitrogens with one attached hydrogen (secondary N) is 1. The molecule has 0 rings (SSSR count). The van der Waals surface area contributed by atoms with Crippen molar-refractivity contribution in [1.29, 1.82) is 0 Å². The molecule has 0 aromatic rings. The van der Waals surface area contributed by atoms with Crippen LogP contribution in [0.2, 0.25) is 0 Å². The van der Waals surface area contributed by atoms with Crippen LogP contribution in [0.1, 0.15) is 13.8 Å². The molecule has 0 aliphatic carbocycles. The molecular weight excluding hydrogens is 222 g/mol. The van der Waals surface area contributed by atoms with Gasteiger partial charge < -0.3 is 15.4 Å². The first kappa shape index (κ1) is 13.7. The molecule has 3 nitrogen and oxygen atoms in total. The van der Waals surface area contributed by atoms with E-state index >= 15 is 0 Å². The molecular formula is C5H9N2ORbS. The maximum Gasteiger partial charge on any atom is 1.00 e. The molecule has 52 valence electrons.